The SMILES string of the molecule is c1ccc(-c2ccc(-c3ccc(N(c4ccccc4)c4ccc(-c5cccc6ccccc56)cc4)c(-c4ccccc4)c3)cc2-c2ccccc2)cc1. The molecule has 250 valence electrons. The lowest BCUT2D eigenvalue weighted by molar-refractivity contribution is 1.28. The van der Waals surface area contributed by atoms with E-state index in [-0.39, 0.29) is 0 Å². The van der Waals surface area contributed by atoms with Crippen molar-refractivity contribution in [2.24, 2.45) is 0 Å². The van der Waals surface area contributed by atoms with Gasteiger partial charge in [0, 0.05) is 16.9 Å². The molecule has 53 heavy (non-hydrogen) atoms. The molecule has 9 aromatic rings. The molecule has 9 rings (SSSR count). The van der Waals surface area contributed by atoms with E-state index in [1.54, 1.807) is 0 Å². The quantitative estimate of drug-likeness (QED) is 0.155. The average molecular weight is 676 g/mol. The minimum Gasteiger partial charge on any atom is -0.310 e. The number of anilines is 3. The van der Waals surface area contributed by atoms with Gasteiger partial charge in [0.05, 0.1) is 5.69 Å². The Morgan fingerprint density at radius 2 is 0.698 bits per heavy atom. The molecule has 1 heteroatoms. The molecular formula is C52H37N. The maximum atomic E-state index is 2.38. The Balaban J connectivity index is 1.19. The van der Waals surface area contributed by atoms with E-state index in [1.807, 2.05) is 0 Å². The molecule has 0 unspecified atom stereocenters. The third-order valence-corrected chi connectivity index (χ3v) is 10.1. The number of para-hydroxylation sites is 1. The van der Waals surface area contributed by atoms with E-state index in [4.69, 9.17) is 0 Å². The highest BCUT2D eigenvalue weighted by Gasteiger charge is 2.19. The van der Waals surface area contributed by atoms with Gasteiger partial charge in [-0.15, -0.1) is 0 Å². The predicted molar refractivity (Wildman–Crippen MR) is 226 cm³/mol. The first-order chi connectivity index (χ1) is 26.3. The summed E-state index contributed by atoms with van der Waals surface area (Å²) in [5.74, 6) is 0. The van der Waals surface area contributed by atoms with Gasteiger partial charge in [-0.3, -0.25) is 0 Å². The molecule has 0 atom stereocenters. The number of benzene rings is 9. The second kappa shape index (κ2) is 14.3. The van der Waals surface area contributed by atoms with Gasteiger partial charge in [-0.2, -0.15) is 0 Å². The Morgan fingerprint density at radius 3 is 1.36 bits per heavy atom. The summed E-state index contributed by atoms with van der Waals surface area (Å²) >= 11 is 0. The first kappa shape index (κ1) is 32.0. The van der Waals surface area contributed by atoms with Gasteiger partial charge in [0.2, 0.25) is 0 Å². The molecule has 0 aromatic heterocycles. The van der Waals surface area contributed by atoms with Crippen molar-refractivity contribution in [3.63, 3.8) is 0 Å². The molecule has 0 aliphatic heterocycles. The Bertz CT molecular complexity index is 2620. The van der Waals surface area contributed by atoms with Crippen molar-refractivity contribution in [1.82, 2.24) is 0 Å². The van der Waals surface area contributed by atoms with Gasteiger partial charge >= 0.3 is 0 Å². The number of nitrogens with zero attached hydrogens (tertiary/aromatic N) is 1. The van der Waals surface area contributed by atoms with Crippen LogP contribution in [0.15, 0.2) is 224 Å². The van der Waals surface area contributed by atoms with Crippen molar-refractivity contribution >= 4 is 27.8 Å². The van der Waals surface area contributed by atoms with Crippen molar-refractivity contribution < 1.29 is 0 Å². The molecule has 0 aliphatic rings. The minimum absolute atomic E-state index is 1.10. The average Bonchev–Trinajstić information content (AvgIpc) is 3.25. The van der Waals surface area contributed by atoms with Gasteiger partial charge < -0.3 is 4.90 Å². The Labute approximate surface area is 311 Å². The normalized spacial score (nSPS) is 11.0. The summed E-state index contributed by atoms with van der Waals surface area (Å²) in [6, 6.07) is 80.8. The Hall–Kier alpha value is -6.96. The number of fused-ring (bicyclic) bond motifs is 1. The van der Waals surface area contributed by atoms with Gasteiger partial charge in [0.15, 0.2) is 0 Å². The topological polar surface area (TPSA) is 3.24 Å². The number of hydrogen-bond donors (Lipinski definition) is 0. The summed E-state index contributed by atoms with van der Waals surface area (Å²) in [4.78, 5) is 2.38. The van der Waals surface area contributed by atoms with Crippen molar-refractivity contribution in [3.05, 3.63) is 224 Å². The standard InChI is InChI=1S/C52H37N/c1-5-16-38(17-6-1)49-34-30-43(36-50(49)40-18-7-2-8-19-40)44-31-35-52(51(37-44)41-20-9-3-10-21-41)53(45-24-11-4-12-25-45)46-32-28-42(29-33-46)48-27-15-23-39-22-13-14-26-47(39)48/h1-37H. The zero-order valence-corrected chi connectivity index (χ0v) is 29.3. The first-order valence-corrected chi connectivity index (χ1v) is 18.2. The summed E-state index contributed by atoms with van der Waals surface area (Å²) < 4.78 is 0. The predicted octanol–water partition coefficient (Wildman–Crippen LogP) is 14.6. The monoisotopic (exact) mass is 675 g/mol. The molecule has 1 nitrogen and oxygen atoms in total. The fourth-order valence-electron chi connectivity index (χ4n) is 7.48. The highest BCUT2D eigenvalue weighted by atomic mass is 15.1. The van der Waals surface area contributed by atoms with Crippen LogP contribution in [0.5, 0.6) is 0 Å². The van der Waals surface area contributed by atoms with Crippen LogP contribution in [0.4, 0.5) is 17.1 Å². The summed E-state index contributed by atoms with van der Waals surface area (Å²) in [7, 11) is 0. The van der Waals surface area contributed by atoms with Crippen LogP contribution in [-0.4, -0.2) is 0 Å². The molecule has 0 amide bonds. The highest BCUT2D eigenvalue weighted by Crippen LogP contribution is 2.44. The van der Waals surface area contributed by atoms with Gasteiger partial charge in [0.25, 0.3) is 0 Å². The van der Waals surface area contributed by atoms with Crippen LogP contribution in [0.1, 0.15) is 0 Å². The van der Waals surface area contributed by atoms with Crippen molar-refractivity contribution in [2.75, 3.05) is 4.90 Å². The molecule has 0 N–H and O–H groups in total. The van der Waals surface area contributed by atoms with E-state index < -0.39 is 0 Å². The molecule has 0 saturated heterocycles. The van der Waals surface area contributed by atoms with Gasteiger partial charge in [-0.25, -0.2) is 0 Å². The maximum Gasteiger partial charge on any atom is 0.0540 e. The van der Waals surface area contributed by atoms with E-state index in [0.29, 0.717) is 0 Å². The molecule has 0 radical (unpaired) electrons. The smallest absolute Gasteiger partial charge is 0.0540 e. The van der Waals surface area contributed by atoms with E-state index in [2.05, 4.69) is 229 Å². The maximum absolute atomic E-state index is 2.38. The Kier molecular flexibility index (Phi) is 8.66. The molecule has 0 fully saturated rings. The lowest BCUT2D eigenvalue weighted by atomic mass is 9.90. The van der Waals surface area contributed by atoms with Gasteiger partial charge in [0.1, 0.15) is 0 Å². The minimum atomic E-state index is 1.10. The van der Waals surface area contributed by atoms with E-state index in [9.17, 15) is 0 Å². The number of hydrogen-bond acceptors (Lipinski definition) is 1. The second-order valence-electron chi connectivity index (χ2n) is 13.3. The van der Waals surface area contributed by atoms with Crippen LogP contribution < -0.4 is 4.90 Å². The molecular weight excluding hydrogens is 639 g/mol. The van der Waals surface area contributed by atoms with Crippen molar-refractivity contribution in [2.45, 2.75) is 0 Å². The molecule has 0 aliphatic carbocycles. The highest BCUT2D eigenvalue weighted by molar-refractivity contribution is 5.97. The zero-order chi connectivity index (χ0) is 35.4. The third-order valence-electron chi connectivity index (χ3n) is 10.1. The van der Waals surface area contributed by atoms with Crippen LogP contribution in [0.3, 0.4) is 0 Å². The van der Waals surface area contributed by atoms with Crippen molar-refractivity contribution in [1.29, 1.82) is 0 Å². The summed E-state index contributed by atoms with van der Waals surface area (Å²) in [6.45, 7) is 0. The molecule has 0 heterocycles. The van der Waals surface area contributed by atoms with Crippen LogP contribution in [0.25, 0.3) is 66.4 Å². The molecule has 0 saturated carbocycles. The zero-order valence-electron chi connectivity index (χ0n) is 29.3. The first-order valence-electron chi connectivity index (χ1n) is 18.2. The lowest BCUT2D eigenvalue weighted by Crippen LogP contribution is -2.11. The lowest BCUT2D eigenvalue weighted by Gasteiger charge is -2.28. The van der Waals surface area contributed by atoms with Crippen LogP contribution in [0, 0.1) is 0 Å². The largest absolute Gasteiger partial charge is 0.310 e. The molecule has 9 aromatic carbocycles. The third kappa shape index (κ3) is 6.42. The van der Waals surface area contributed by atoms with Crippen LogP contribution >= 0.6 is 0 Å². The van der Waals surface area contributed by atoms with Crippen molar-refractivity contribution in [3.8, 4) is 55.6 Å². The molecule has 0 bridgehead atoms. The summed E-state index contributed by atoms with van der Waals surface area (Å²) in [5.41, 5.74) is 15.3. The second-order valence-corrected chi connectivity index (χ2v) is 13.3. The van der Waals surface area contributed by atoms with Crippen LogP contribution in [0.2, 0.25) is 0 Å². The number of rotatable bonds is 8. The summed E-state index contributed by atoms with van der Waals surface area (Å²) in [6.07, 6.45) is 0. The summed E-state index contributed by atoms with van der Waals surface area (Å²) in [5, 5.41) is 2.51. The van der Waals surface area contributed by atoms with E-state index in [0.717, 1.165) is 17.1 Å². The molecule has 0 spiro atoms. The van der Waals surface area contributed by atoms with E-state index >= 15 is 0 Å². The van der Waals surface area contributed by atoms with E-state index in [1.165, 1.54) is 66.4 Å². The fourth-order valence-corrected chi connectivity index (χ4v) is 7.48. The van der Waals surface area contributed by atoms with Gasteiger partial charge in [-0.05, 0) is 103 Å². The van der Waals surface area contributed by atoms with Crippen LogP contribution in [-0.2, 0) is 0 Å². The Morgan fingerprint density at radius 1 is 0.245 bits per heavy atom. The van der Waals surface area contributed by atoms with Gasteiger partial charge in [-0.1, -0.05) is 182 Å². The fraction of sp³-hybridized carbons (Fsp3) is 0.